The van der Waals surface area contributed by atoms with E-state index < -0.39 is 11.7 Å². The summed E-state index contributed by atoms with van der Waals surface area (Å²) in [5, 5.41) is 0. The molecule has 0 spiro atoms. The van der Waals surface area contributed by atoms with E-state index in [0.717, 1.165) is 12.4 Å². The second kappa shape index (κ2) is 4.13. The Kier molecular flexibility index (Phi) is 3.79. The zero-order valence-corrected chi connectivity index (χ0v) is 7.18. The number of hydrogen-bond acceptors (Lipinski definition) is 2. The van der Waals surface area contributed by atoms with E-state index in [2.05, 4.69) is 4.99 Å². The van der Waals surface area contributed by atoms with E-state index in [4.69, 9.17) is 0 Å². The van der Waals surface area contributed by atoms with Crippen LogP contribution in [0, 0.1) is 0 Å². The van der Waals surface area contributed by atoms with E-state index in [9.17, 15) is 13.2 Å². The van der Waals surface area contributed by atoms with E-state index in [1.807, 2.05) is 0 Å². The lowest BCUT2D eigenvalue weighted by atomic mass is 10.3. The van der Waals surface area contributed by atoms with Crippen molar-refractivity contribution in [2.45, 2.75) is 6.18 Å². The number of nitrogens with zero attached hydrogens (tertiary/aromatic N) is 2. The van der Waals surface area contributed by atoms with Gasteiger partial charge in [0, 0.05) is 33.6 Å². The molecule has 0 saturated heterocycles. The van der Waals surface area contributed by atoms with Gasteiger partial charge < -0.3 is 4.90 Å². The van der Waals surface area contributed by atoms with Gasteiger partial charge in [0.25, 0.3) is 0 Å². The molecule has 0 amide bonds. The smallest absolute Gasteiger partial charge is 0.383 e. The van der Waals surface area contributed by atoms with Crippen molar-refractivity contribution in [3.05, 3.63) is 11.8 Å². The summed E-state index contributed by atoms with van der Waals surface area (Å²) in [7, 11) is 4.35. The summed E-state index contributed by atoms with van der Waals surface area (Å²) in [6, 6.07) is 0. The third kappa shape index (κ3) is 4.00. The van der Waals surface area contributed by atoms with Crippen molar-refractivity contribution in [3.8, 4) is 0 Å². The summed E-state index contributed by atoms with van der Waals surface area (Å²) in [6.45, 7) is 0. The summed E-state index contributed by atoms with van der Waals surface area (Å²) in [6.07, 6.45) is -2.56. The van der Waals surface area contributed by atoms with Crippen LogP contribution >= 0.6 is 0 Å². The molecule has 0 bridgehead atoms. The maximum absolute atomic E-state index is 12.1. The molecule has 0 aromatic carbocycles. The number of hydrogen-bond donors (Lipinski definition) is 0. The van der Waals surface area contributed by atoms with Gasteiger partial charge in [-0.3, -0.25) is 4.99 Å². The fourth-order valence-electron chi connectivity index (χ4n) is 0.597. The fraction of sp³-hybridized carbons (Fsp3) is 0.571. The lowest BCUT2D eigenvalue weighted by molar-refractivity contribution is -0.0864. The van der Waals surface area contributed by atoms with Gasteiger partial charge in [-0.05, 0) is 0 Å². The van der Waals surface area contributed by atoms with E-state index >= 15 is 0 Å². The first-order valence-corrected chi connectivity index (χ1v) is 3.25. The highest BCUT2D eigenvalue weighted by molar-refractivity contribution is 5.79. The van der Waals surface area contributed by atoms with Crippen LogP contribution in [0.3, 0.4) is 0 Å². The van der Waals surface area contributed by atoms with Gasteiger partial charge in [-0.1, -0.05) is 0 Å². The van der Waals surface area contributed by atoms with Gasteiger partial charge in [-0.2, -0.15) is 13.2 Å². The second-order valence-electron chi connectivity index (χ2n) is 2.43. The molecule has 0 unspecified atom stereocenters. The Hall–Kier alpha value is -1.00. The number of aliphatic imine (C=N–C) groups is 1. The molecule has 0 aliphatic carbocycles. The summed E-state index contributed by atoms with van der Waals surface area (Å²) in [5.74, 6) is 0. The van der Waals surface area contributed by atoms with Gasteiger partial charge >= 0.3 is 6.18 Å². The summed E-state index contributed by atoms with van der Waals surface area (Å²) < 4.78 is 36.2. The average Bonchev–Trinajstić information content (AvgIpc) is 1.83. The molecule has 70 valence electrons. The zero-order valence-electron chi connectivity index (χ0n) is 7.18. The highest BCUT2D eigenvalue weighted by Crippen LogP contribution is 2.23. The van der Waals surface area contributed by atoms with Crippen molar-refractivity contribution in [3.63, 3.8) is 0 Å². The third-order valence-corrected chi connectivity index (χ3v) is 0.993. The number of halogens is 3. The maximum atomic E-state index is 12.1. The van der Waals surface area contributed by atoms with Crippen molar-refractivity contribution in [1.29, 1.82) is 0 Å². The standard InChI is InChI=1S/C7H11F3N2/c1-11-4-6(5-12(2)3)7(8,9)10/h4-5H,1-3H3. The number of allylic oxidation sites excluding steroid dienone is 1. The molecule has 0 aliphatic rings. The maximum Gasteiger partial charge on any atom is 0.419 e. The van der Waals surface area contributed by atoms with Crippen LogP contribution in [0.2, 0.25) is 0 Å². The van der Waals surface area contributed by atoms with E-state index in [1.54, 1.807) is 0 Å². The Bertz CT molecular complexity index is 191. The first-order valence-electron chi connectivity index (χ1n) is 3.25. The third-order valence-electron chi connectivity index (χ3n) is 0.993. The van der Waals surface area contributed by atoms with Crippen LogP contribution in [0.1, 0.15) is 0 Å². The molecule has 0 saturated carbocycles. The SMILES string of the molecule is CN=CC(=CN(C)C)C(F)(F)F. The van der Waals surface area contributed by atoms with Crippen LogP contribution in [-0.4, -0.2) is 38.4 Å². The fourth-order valence-corrected chi connectivity index (χ4v) is 0.597. The van der Waals surface area contributed by atoms with Crippen molar-refractivity contribution in [2.75, 3.05) is 21.1 Å². The van der Waals surface area contributed by atoms with Crippen molar-refractivity contribution >= 4 is 6.21 Å². The Labute approximate surface area is 69.4 Å². The summed E-state index contributed by atoms with van der Waals surface area (Å²) in [5.41, 5.74) is -0.755. The van der Waals surface area contributed by atoms with E-state index in [1.165, 1.54) is 26.0 Å². The molecular formula is C7H11F3N2. The molecule has 0 N–H and O–H groups in total. The molecule has 0 aliphatic heterocycles. The minimum absolute atomic E-state index is 0.755. The van der Waals surface area contributed by atoms with Gasteiger partial charge in [0.15, 0.2) is 0 Å². The first-order chi connectivity index (χ1) is 5.38. The van der Waals surface area contributed by atoms with Crippen LogP contribution in [0.25, 0.3) is 0 Å². The number of alkyl halides is 3. The molecule has 0 atom stereocenters. The van der Waals surface area contributed by atoms with Crippen molar-refractivity contribution in [2.24, 2.45) is 4.99 Å². The zero-order chi connectivity index (χ0) is 9.78. The largest absolute Gasteiger partial charge is 0.419 e. The first kappa shape index (κ1) is 11.0. The predicted molar refractivity (Wildman–Crippen MR) is 42.2 cm³/mol. The summed E-state index contributed by atoms with van der Waals surface area (Å²) in [4.78, 5) is 4.64. The lowest BCUT2D eigenvalue weighted by Gasteiger charge is -2.10. The molecule has 0 aromatic heterocycles. The molecule has 2 nitrogen and oxygen atoms in total. The highest BCUT2D eigenvalue weighted by atomic mass is 19.4. The van der Waals surface area contributed by atoms with Crippen LogP contribution in [0.15, 0.2) is 16.8 Å². The molecule has 0 fully saturated rings. The molecule has 0 radical (unpaired) electrons. The molecule has 0 rings (SSSR count). The normalized spacial score (nSPS) is 14.0. The Morgan fingerprint density at radius 1 is 1.33 bits per heavy atom. The molecule has 12 heavy (non-hydrogen) atoms. The van der Waals surface area contributed by atoms with Crippen molar-refractivity contribution < 1.29 is 13.2 Å². The van der Waals surface area contributed by atoms with Gasteiger partial charge in [0.1, 0.15) is 0 Å². The van der Waals surface area contributed by atoms with Crippen LogP contribution in [0.5, 0.6) is 0 Å². The minimum Gasteiger partial charge on any atom is -0.383 e. The highest BCUT2D eigenvalue weighted by Gasteiger charge is 2.32. The predicted octanol–water partition coefficient (Wildman–Crippen LogP) is 1.69. The van der Waals surface area contributed by atoms with E-state index in [0.29, 0.717) is 0 Å². The van der Waals surface area contributed by atoms with Gasteiger partial charge in [0.2, 0.25) is 0 Å². The lowest BCUT2D eigenvalue weighted by Crippen LogP contribution is -2.16. The average molecular weight is 180 g/mol. The topological polar surface area (TPSA) is 15.6 Å². The molecule has 0 aromatic rings. The van der Waals surface area contributed by atoms with E-state index in [-0.39, 0.29) is 0 Å². The molecular weight excluding hydrogens is 169 g/mol. The van der Waals surface area contributed by atoms with Crippen molar-refractivity contribution in [1.82, 2.24) is 4.90 Å². The van der Waals surface area contributed by atoms with Crippen LogP contribution in [0.4, 0.5) is 13.2 Å². The van der Waals surface area contributed by atoms with Crippen LogP contribution < -0.4 is 0 Å². The van der Waals surface area contributed by atoms with Crippen LogP contribution in [-0.2, 0) is 0 Å². The molecule has 0 heterocycles. The quantitative estimate of drug-likeness (QED) is 0.590. The van der Waals surface area contributed by atoms with Gasteiger partial charge in [0.05, 0.1) is 5.57 Å². The van der Waals surface area contributed by atoms with Gasteiger partial charge in [-0.15, -0.1) is 0 Å². The second-order valence-corrected chi connectivity index (χ2v) is 2.43. The Morgan fingerprint density at radius 2 is 1.83 bits per heavy atom. The summed E-state index contributed by atoms with van der Waals surface area (Å²) >= 11 is 0. The number of rotatable bonds is 2. The molecule has 5 heteroatoms. The Balaban J connectivity index is 4.67. The monoisotopic (exact) mass is 180 g/mol. The minimum atomic E-state index is -4.33. The Morgan fingerprint density at radius 3 is 2.08 bits per heavy atom. The van der Waals surface area contributed by atoms with Gasteiger partial charge in [-0.25, -0.2) is 0 Å².